The van der Waals surface area contributed by atoms with Crippen molar-refractivity contribution in [3.63, 3.8) is 0 Å². The summed E-state index contributed by atoms with van der Waals surface area (Å²) in [6, 6.07) is 11.3. The van der Waals surface area contributed by atoms with Crippen LogP contribution in [0.25, 0.3) is 0 Å². The molecule has 3 heterocycles. The quantitative estimate of drug-likeness (QED) is 0.430. The molecule has 204 valence electrons. The second-order valence-corrected chi connectivity index (χ2v) is 11.2. The number of anilines is 2. The molecule has 2 fully saturated rings. The second-order valence-electron chi connectivity index (χ2n) is 10.4. The molecule has 10 heteroatoms. The molecule has 0 radical (unpaired) electrons. The molecule has 0 spiro atoms. The van der Waals surface area contributed by atoms with Gasteiger partial charge in [-0.25, -0.2) is 4.79 Å². The van der Waals surface area contributed by atoms with Crippen molar-refractivity contribution in [2.75, 3.05) is 49.5 Å². The van der Waals surface area contributed by atoms with Crippen LogP contribution in [0.3, 0.4) is 0 Å². The van der Waals surface area contributed by atoms with Crippen LogP contribution >= 0.6 is 23.2 Å². The Morgan fingerprint density at radius 3 is 2.50 bits per heavy atom. The van der Waals surface area contributed by atoms with Crippen molar-refractivity contribution in [1.82, 2.24) is 15.1 Å². The first-order valence-corrected chi connectivity index (χ1v) is 14.3. The van der Waals surface area contributed by atoms with E-state index in [4.69, 9.17) is 23.2 Å². The number of para-hydroxylation sites is 1. The summed E-state index contributed by atoms with van der Waals surface area (Å²) in [5.74, 6) is -0.672. The number of aliphatic hydroxyl groups is 1. The van der Waals surface area contributed by atoms with Gasteiger partial charge >= 0.3 is 6.03 Å². The molecule has 3 N–H and O–H groups in total. The third kappa shape index (κ3) is 5.51. The fourth-order valence-electron chi connectivity index (χ4n) is 5.91. The Labute approximate surface area is 233 Å². The summed E-state index contributed by atoms with van der Waals surface area (Å²) < 4.78 is 0. The standard InChI is InChI=1S/C28H35Cl2N5O3/c29-23-10-9-21(19-24(23)30)35-27(37)32-25-8-3-2-7-22(25)28(35,38)26(36)31-13-6-14-33-17-11-20(12-18-33)34-15-4-1-5-16-34/h2-3,7-10,19-20,38H,1,4-6,11-18H2,(H,31,36)(H,32,37)/t28-/m1/s1. The van der Waals surface area contributed by atoms with E-state index in [-0.39, 0.29) is 16.3 Å². The number of benzene rings is 2. The lowest BCUT2D eigenvalue weighted by Gasteiger charge is -2.42. The first-order chi connectivity index (χ1) is 18.4. The van der Waals surface area contributed by atoms with Gasteiger partial charge in [-0.2, -0.15) is 0 Å². The molecule has 0 saturated carbocycles. The van der Waals surface area contributed by atoms with E-state index in [9.17, 15) is 14.7 Å². The van der Waals surface area contributed by atoms with Crippen LogP contribution in [0.1, 0.15) is 44.1 Å². The number of nitrogens with zero attached hydrogens (tertiary/aromatic N) is 3. The normalized spacial score (nSPS) is 23.1. The van der Waals surface area contributed by atoms with E-state index < -0.39 is 17.7 Å². The van der Waals surface area contributed by atoms with Crippen molar-refractivity contribution in [2.45, 2.75) is 50.3 Å². The molecule has 0 bridgehead atoms. The van der Waals surface area contributed by atoms with Crippen molar-refractivity contribution in [1.29, 1.82) is 0 Å². The second kappa shape index (κ2) is 11.8. The molecule has 8 nitrogen and oxygen atoms in total. The largest absolute Gasteiger partial charge is 0.359 e. The number of halogens is 2. The van der Waals surface area contributed by atoms with Gasteiger partial charge in [0.25, 0.3) is 11.6 Å². The van der Waals surface area contributed by atoms with Crippen molar-refractivity contribution in [2.24, 2.45) is 0 Å². The summed E-state index contributed by atoms with van der Waals surface area (Å²) in [5, 5.41) is 18.0. The molecule has 0 aromatic heterocycles. The Kier molecular flexibility index (Phi) is 8.45. The molecule has 1 atom stereocenters. The molecule has 3 amide bonds. The maximum Gasteiger partial charge on any atom is 0.329 e. The number of fused-ring (bicyclic) bond motifs is 1. The highest BCUT2D eigenvalue weighted by atomic mass is 35.5. The highest BCUT2D eigenvalue weighted by Gasteiger charge is 2.52. The van der Waals surface area contributed by atoms with Crippen LogP contribution in [0, 0.1) is 0 Å². The van der Waals surface area contributed by atoms with Crippen LogP contribution < -0.4 is 15.5 Å². The van der Waals surface area contributed by atoms with Crippen LogP contribution in [0.4, 0.5) is 16.2 Å². The number of urea groups is 1. The number of carbonyl (C=O) groups is 2. The zero-order valence-electron chi connectivity index (χ0n) is 21.5. The van der Waals surface area contributed by atoms with Gasteiger partial charge < -0.3 is 25.5 Å². The third-order valence-corrected chi connectivity index (χ3v) is 8.69. The van der Waals surface area contributed by atoms with Crippen LogP contribution in [0.2, 0.25) is 10.0 Å². The van der Waals surface area contributed by atoms with Gasteiger partial charge in [0.05, 0.1) is 21.4 Å². The lowest BCUT2D eigenvalue weighted by Crippen LogP contribution is -2.62. The van der Waals surface area contributed by atoms with E-state index in [0.29, 0.717) is 23.3 Å². The lowest BCUT2D eigenvalue weighted by atomic mass is 9.94. The maximum atomic E-state index is 13.6. The number of hydrogen-bond donors (Lipinski definition) is 3. The SMILES string of the molecule is O=C1Nc2ccccc2[C@@](O)(C(=O)NCCCN2CCC(N3CCCCC3)CC2)N1c1ccc(Cl)c(Cl)c1. The Balaban J connectivity index is 1.23. The predicted octanol–water partition coefficient (Wildman–Crippen LogP) is 4.65. The molecule has 2 aromatic carbocycles. The number of nitrogens with one attached hydrogen (secondary N) is 2. The van der Waals surface area contributed by atoms with Crippen LogP contribution in [-0.4, -0.2) is 72.2 Å². The van der Waals surface area contributed by atoms with Gasteiger partial charge in [-0.15, -0.1) is 0 Å². The minimum Gasteiger partial charge on any atom is -0.359 e. The molecular weight excluding hydrogens is 525 g/mol. The van der Waals surface area contributed by atoms with Gasteiger partial charge in [0, 0.05) is 18.2 Å². The van der Waals surface area contributed by atoms with E-state index in [0.717, 1.165) is 31.0 Å². The van der Waals surface area contributed by atoms with Crippen LogP contribution in [0.15, 0.2) is 42.5 Å². The van der Waals surface area contributed by atoms with Crippen molar-refractivity contribution in [3.05, 3.63) is 58.1 Å². The third-order valence-electron chi connectivity index (χ3n) is 7.95. The smallest absolute Gasteiger partial charge is 0.329 e. The fourth-order valence-corrected chi connectivity index (χ4v) is 6.20. The van der Waals surface area contributed by atoms with Crippen molar-refractivity contribution in [3.8, 4) is 0 Å². The number of amides is 3. The molecule has 2 saturated heterocycles. The first-order valence-electron chi connectivity index (χ1n) is 13.5. The van der Waals surface area contributed by atoms with E-state index in [1.807, 2.05) is 0 Å². The summed E-state index contributed by atoms with van der Waals surface area (Å²) in [6.07, 6.45) is 7.13. The van der Waals surface area contributed by atoms with E-state index in [1.165, 1.54) is 57.3 Å². The number of hydrogen-bond acceptors (Lipinski definition) is 5. The number of likely N-dealkylation sites (tertiary alicyclic amines) is 2. The fraction of sp³-hybridized carbons (Fsp3) is 0.500. The summed E-state index contributed by atoms with van der Waals surface area (Å²) in [7, 11) is 0. The molecule has 0 aliphatic carbocycles. The molecule has 5 rings (SSSR count). The van der Waals surface area contributed by atoms with Gasteiger partial charge in [0.1, 0.15) is 0 Å². The van der Waals surface area contributed by atoms with E-state index in [2.05, 4.69) is 20.4 Å². The average Bonchev–Trinajstić information content (AvgIpc) is 2.93. The zero-order valence-corrected chi connectivity index (χ0v) is 23.0. The van der Waals surface area contributed by atoms with E-state index >= 15 is 0 Å². The summed E-state index contributed by atoms with van der Waals surface area (Å²) in [5.41, 5.74) is -1.35. The molecule has 3 aliphatic heterocycles. The van der Waals surface area contributed by atoms with E-state index in [1.54, 1.807) is 30.3 Å². The Hall–Kier alpha value is -2.36. The zero-order chi connectivity index (χ0) is 26.7. The van der Waals surface area contributed by atoms with Gasteiger partial charge in [0.15, 0.2) is 0 Å². The number of rotatable bonds is 7. The molecule has 3 aliphatic rings. The molecule has 38 heavy (non-hydrogen) atoms. The minimum atomic E-state index is -2.26. The van der Waals surface area contributed by atoms with Crippen LogP contribution in [0.5, 0.6) is 0 Å². The minimum absolute atomic E-state index is 0.211. The summed E-state index contributed by atoms with van der Waals surface area (Å²) in [6.45, 7) is 5.86. The van der Waals surface area contributed by atoms with Crippen LogP contribution in [-0.2, 0) is 10.5 Å². The predicted molar refractivity (Wildman–Crippen MR) is 151 cm³/mol. The highest BCUT2D eigenvalue weighted by Crippen LogP contribution is 2.41. The monoisotopic (exact) mass is 559 g/mol. The Bertz CT molecular complexity index is 1170. The molecule has 0 unspecified atom stereocenters. The van der Waals surface area contributed by atoms with Gasteiger partial charge in [-0.3, -0.25) is 9.69 Å². The average molecular weight is 561 g/mol. The van der Waals surface area contributed by atoms with Gasteiger partial charge in [-0.1, -0.05) is 47.8 Å². The lowest BCUT2D eigenvalue weighted by molar-refractivity contribution is -0.140. The summed E-state index contributed by atoms with van der Waals surface area (Å²) >= 11 is 12.3. The number of piperidine rings is 2. The highest BCUT2D eigenvalue weighted by molar-refractivity contribution is 6.42. The first kappa shape index (κ1) is 27.2. The Morgan fingerprint density at radius 2 is 1.76 bits per heavy atom. The van der Waals surface area contributed by atoms with Gasteiger partial charge in [-0.05, 0) is 89.1 Å². The maximum absolute atomic E-state index is 13.6. The van der Waals surface area contributed by atoms with Crippen molar-refractivity contribution >= 4 is 46.5 Å². The molecule has 2 aromatic rings. The Morgan fingerprint density at radius 1 is 1.03 bits per heavy atom. The molecular formula is C28H35Cl2N5O3. The topological polar surface area (TPSA) is 88.1 Å². The van der Waals surface area contributed by atoms with Gasteiger partial charge in [0.2, 0.25) is 0 Å². The van der Waals surface area contributed by atoms with Crippen molar-refractivity contribution < 1.29 is 14.7 Å². The number of carbonyl (C=O) groups excluding carboxylic acids is 2. The summed E-state index contributed by atoms with van der Waals surface area (Å²) in [4.78, 5) is 32.9.